The number of carbonyl (C=O) groups is 1. The van der Waals surface area contributed by atoms with Gasteiger partial charge in [0.25, 0.3) is 0 Å². The Labute approximate surface area is 138 Å². The van der Waals surface area contributed by atoms with Crippen LogP contribution in [0.2, 0.25) is 0 Å². The monoisotopic (exact) mass is 321 g/mol. The molecule has 0 bridgehead atoms. The molecule has 0 radical (unpaired) electrons. The Morgan fingerprint density at radius 3 is 2.35 bits per heavy atom. The molecule has 0 unspecified atom stereocenters. The number of nitrogens with zero attached hydrogens (tertiary/aromatic N) is 1. The summed E-state index contributed by atoms with van der Waals surface area (Å²) in [6.45, 7) is 6.86. The molecule has 128 valence electrons. The molecule has 1 aromatic carbocycles. The lowest BCUT2D eigenvalue weighted by Gasteiger charge is -2.09. The lowest BCUT2D eigenvalue weighted by atomic mass is 10.2. The van der Waals surface area contributed by atoms with E-state index in [4.69, 9.17) is 4.74 Å². The molecule has 0 saturated heterocycles. The molecule has 0 aliphatic carbocycles. The number of benzene rings is 1. The third-order valence-corrected chi connectivity index (χ3v) is 3.05. The van der Waals surface area contributed by atoms with Crippen LogP contribution in [0.3, 0.4) is 0 Å². The van der Waals surface area contributed by atoms with E-state index in [0.717, 1.165) is 30.4 Å². The van der Waals surface area contributed by atoms with E-state index in [1.807, 2.05) is 38.1 Å². The number of hydrogen-bond acceptors (Lipinski definition) is 4. The van der Waals surface area contributed by atoms with E-state index in [1.54, 1.807) is 0 Å². The quantitative estimate of drug-likeness (QED) is 0.315. The van der Waals surface area contributed by atoms with Crippen LogP contribution in [0.4, 0.5) is 0 Å². The van der Waals surface area contributed by atoms with Gasteiger partial charge < -0.3 is 20.1 Å². The number of ether oxygens (including phenoxy) is 2. The molecule has 0 amide bonds. The maximum absolute atomic E-state index is 11.0. The number of nitrogens with one attached hydrogen (secondary N) is 2. The molecular weight excluding hydrogens is 294 g/mol. The fraction of sp³-hybridized carbons (Fsp3) is 0.529. The Kier molecular flexibility index (Phi) is 9.28. The lowest BCUT2D eigenvalue weighted by Crippen LogP contribution is -2.36. The van der Waals surface area contributed by atoms with E-state index in [1.165, 1.54) is 7.11 Å². The van der Waals surface area contributed by atoms with Crippen molar-refractivity contribution in [1.29, 1.82) is 0 Å². The fourth-order valence-corrected chi connectivity index (χ4v) is 1.88. The molecule has 0 aliphatic heterocycles. The minimum atomic E-state index is -0.209. The van der Waals surface area contributed by atoms with Crippen molar-refractivity contribution < 1.29 is 14.3 Å². The molecule has 0 aliphatic rings. The number of guanidine groups is 1. The van der Waals surface area contributed by atoms with Gasteiger partial charge in [0.2, 0.25) is 0 Å². The highest BCUT2D eigenvalue weighted by Crippen LogP contribution is 2.13. The topological polar surface area (TPSA) is 72.0 Å². The summed E-state index contributed by atoms with van der Waals surface area (Å²) in [6.07, 6.45) is 1.02. The van der Waals surface area contributed by atoms with E-state index in [0.29, 0.717) is 26.0 Å². The number of rotatable bonds is 9. The van der Waals surface area contributed by atoms with Crippen molar-refractivity contribution in [3.05, 3.63) is 29.8 Å². The lowest BCUT2D eigenvalue weighted by molar-refractivity contribution is -0.140. The van der Waals surface area contributed by atoms with Crippen molar-refractivity contribution >= 4 is 11.9 Å². The highest BCUT2D eigenvalue weighted by molar-refractivity contribution is 5.79. The van der Waals surface area contributed by atoms with Crippen LogP contribution in [0.25, 0.3) is 0 Å². The van der Waals surface area contributed by atoms with Gasteiger partial charge in [-0.2, -0.15) is 0 Å². The Morgan fingerprint density at radius 1 is 1.13 bits per heavy atom. The normalized spacial score (nSPS) is 9.87. The van der Waals surface area contributed by atoms with Gasteiger partial charge in [-0.05, 0) is 38.0 Å². The molecule has 0 heterocycles. The Bertz CT molecular complexity index is 478. The van der Waals surface area contributed by atoms with E-state index in [-0.39, 0.29) is 5.97 Å². The number of hydrogen-bond donors (Lipinski definition) is 2. The predicted octanol–water partition coefficient (Wildman–Crippen LogP) is 2.09. The van der Waals surface area contributed by atoms with Crippen LogP contribution < -0.4 is 15.4 Å². The van der Waals surface area contributed by atoms with E-state index >= 15 is 0 Å². The van der Waals surface area contributed by atoms with Crippen molar-refractivity contribution in [3.63, 3.8) is 0 Å². The van der Waals surface area contributed by atoms with Gasteiger partial charge in [-0.15, -0.1) is 0 Å². The van der Waals surface area contributed by atoms with Crippen LogP contribution >= 0.6 is 0 Å². The van der Waals surface area contributed by atoms with Gasteiger partial charge in [0.05, 0.1) is 20.3 Å². The van der Waals surface area contributed by atoms with Crippen LogP contribution in [-0.2, 0) is 16.1 Å². The second kappa shape index (κ2) is 11.3. The average Bonchev–Trinajstić information content (AvgIpc) is 2.57. The molecule has 23 heavy (non-hydrogen) atoms. The van der Waals surface area contributed by atoms with Gasteiger partial charge in [-0.3, -0.25) is 4.79 Å². The summed E-state index contributed by atoms with van der Waals surface area (Å²) in [4.78, 5) is 15.5. The van der Waals surface area contributed by atoms with E-state index < -0.39 is 0 Å². The molecule has 0 atom stereocenters. The summed E-state index contributed by atoms with van der Waals surface area (Å²) in [7, 11) is 1.39. The zero-order valence-corrected chi connectivity index (χ0v) is 14.2. The largest absolute Gasteiger partial charge is 0.494 e. The van der Waals surface area contributed by atoms with Crippen LogP contribution in [-0.4, -0.2) is 38.7 Å². The molecule has 1 rings (SSSR count). The molecule has 0 fully saturated rings. The zero-order valence-electron chi connectivity index (χ0n) is 14.2. The van der Waals surface area contributed by atoms with Crippen molar-refractivity contribution in [2.45, 2.75) is 33.2 Å². The summed E-state index contributed by atoms with van der Waals surface area (Å²) in [5.41, 5.74) is 1.11. The van der Waals surface area contributed by atoms with Gasteiger partial charge in [0.1, 0.15) is 5.75 Å². The van der Waals surface area contributed by atoms with Crippen molar-refractivity contribution in [3.8, 4) is 5.75 Å². The smallest absolute Gasteiger partial charge is 0.305 e. The third-order valence-electron chi connectivity index (χ3n) is 3.05. The minimum Gasteiger partial charge on any atom is -0.494 e. The molecular formula is C17H27N3O3. The maximum atomic E-state index is 11.0. The molecule has 6 heteroatoms. The Morgan fingerprint density at radius 2 is 1.78 bits per heavy atom. The molecule has 0 aromatic heterocycles. The Hall–Kier alpha value is -2.24. The zero-order chi connectivity index (χ0) is 16.9. The summed E-state index contributed by atoms with van der Waals surface area (Å²) < 4.78 is 10.2. The summed E-state index contributed by atoms with van der Waals surface area (Å²) in [6, 6.07) is 7.83. The van der Waals surface area contributed by atoms with Gasteiger partial charge in [-0.25, -0.2) is 4.99 Å². The van der Waals surface area contributed by atoms with Crippen LogP contribution in [0.15, 0.2) is 29.3 Å². The second-order valence-electron chi connectivity index (χ2n) is 4.90. The number of aliphatic imine (C=N–C) groups is 1. The second-order valence-corrected chi connectivity index (χ2v) is 4.90. The highest BCUT2D eigenvalue weighted by Gasteiger charge is 2.01. The fourth-order valence-electron chi connectivity index (χ4n) is 1.88. The van der Waals surface area contributed by atoms with Crippen LogP contribution in [0.5, 0.6) is 5.75 Å². The predicted molar refractivity (Wildman–Crippen MR) is 91.7 cm³/mol. The molecule has 0 spiro atoms. The molecule has 6 nitrogen and oxygen atoms in total. The first-order valence-electron chi connectivity index (χ1n) is 8.00. The van der Waals surface area contributed by atoms with Crippen LogP contribution in [0, 0.1) is 0 Å². The summed E-state index contributed by atoms with van der Waals surface area (Å²) in [5.74, 6) is 1.40. The first-order valence-corrected chi connectivity index (χ1v) is 8.00. The SMILES string of the molecule is CCNC(=NCc1ccc(OCCCC(=O)OC)cc1)NCC. The highest BCUT2D eigenvalue weighted by atomic mass is 16.5. The standard InChI is InChI=1S/C17H27N3O3/c1-4-18-17(19-5-2)20-13-14-8-10-15(11-9-14)23-12-6-7-16(21)22-3/h8-11H,4-7,12-13H2,1-3H3,(H2,18,19,20). The van der Waals surface area contributed by atoms with Crippen molar-refractivity contribution in [2.75, 3.05) is 26.8 Å². The van der Waals surface area contributed by atoms with Gasteiger partial charge in [-0.1, -0.05) is 12.1 Å². The number of carbonyl (C=O) groups excluding carboxylic acids is 1. The van der Waals surface area contributed by atoms with Gasteiger partial charge in [0, 0.05) is 19.5 Å². The average molecular weight is 321 g/mol. The van der Waals surface area contributed by atoms with E-state index in [9.17, 15) is 4.79 Å². The maximum Gasteiger partial charge on any atom is 0.305 e. The number of methoxy groups -OCH3 is 1. The van der Waals surface area contributed by atoms with Crippen LogP contribution in [0.1, 0.15) is 32.3 Å². The third kappa shape index (κ3) is 8.09. The Balaban J connectivity index is 2.40. The molecule has 2 N–H and O–H groups in total. The van der Waals surface area contributed by atoms with Crippen molar-refractivity contribution in [1.82, 2.24) is 10.6 Å². The van der Waals surface area contributed by atoms with Crippen molar-refractivity contribution in [2.24, 2.45) is 4.99 Å². The van der Waals surface area contributed by atoms with E-state index in [2.05, 4.69) is 20.4 Å². The number of esters is 1. The van der Waals surface area contributed by atoms with Gasteiger partial charge in [0.15, 0.2) is 5.96 Å². The minimum absolute atomic E-state index is 0.209. The first kappa shape index (κ1) is 18.8. The summed E-state index contributed by atoms with van der Waals surface area (Å²) >= 11 is 0. The summed E-state index contributed by atoms with van der Waals surface area (Å²) in [5, 5.41) is 6.38. The van der Waals surface area contributed by atoms with Gasteiger partial charge >= 0.3 is 5.97 Å². The molecule has 1 aromatic rings. The first-order chi connectivity index (χ1) is 11.2. The molecule has 0 saturated carbocycles.